The first kappa shape index (κ1) is 23.3. The van der Waals surface area contributed by atoms with E-state index in [4.69, 9.17) is 11.6 Å². The molecule has 172 valence electrons. The van der Waals surface area contributed by atoms with Crippen molar-refractivity contribution in [3.8, 4) is 0 Å². The van der Waals surface area contributed by atoms with Gasteiger partial charge in [-0.1, -0.05) is 41.9 Å². The zero-order valence-electron chi connectivity index (χ0n) is 19.1. The summed E-state index contributed by atoms with van der Waals surface area (Å²) >= 11 is 6.27. The van der Waals surface area contributed by atoms with Crippen LogP contribution in [0.3, 0.4) is 0 Å². The summed E-state index contributed by atoms with van der Waals surface area (Å²) in [6.45, 7) is 6.27. The van der Waals surface area contributed by atoms with Gasteiger partial charge in [0.25, 0.3) is 17.7 Å². The quantitative estimate of drug-likeness (QED) is 0.486. The summed E-state index contributed by atoms with van der Waals surface area (Å²) in [5.74, 6) is -1.32. The zero-order chi connectivity index (χ0) is 24.4. The van der Waals surface area contributed by atoms with Crippen molar-refractivity contribution in [1.29, 1.82) is 0 Å². The molecule has 0 saturated heterocycles. The van der Waals surface area contributed by atoms with Gasteiger partial charge in [-0.25, -0.2) is 4.90 Å². The van der Waals surface area contributed by atoms with Crippen LogP contribution in [0, 0.1) is 13.8 Å². The van der Waals surface area contributed by atoms with Gasteiger partial charge in [0.15, 0.2) is 0 Å². The van der Waals surface area contributed by atoms with Gasteiger partial charge in [0.05, 0.1) is 5.69 Å². The molecule has 4 rings (SSSR count). The Bertz CT molecular complexity index is 1320. The number of nitrogens with one attached hydrogen (secondary N) is 1. The number of carbonyl (C=O) groups is 3. The average Bonchev–Trinajstić information content (AvgIpc) is 3.05. The summed E-state index contributed by atoms with van der Waals surface area (Å²) in [6.07, 6.45) is 0. The van der Waals surface area contributed by atoms with Crippen molar-refractivity contribution in [1.82, 2.24) is 0 Å². The molecule has 0 fully saturated rings. The van der Waals surface area contributed by atoms with Crippen molar-refractivity contribution in [2.45, 2.75) is 20.8 Å². The molecule has 0 aromatic heterocycles. The van der Waals surface area contributed by atoms with E-state index in [9.17, 15) is 14.4 Å². The standard InChI is InChI=1S/C27H24ClN3O3/c1-4-30(21-11-6-5-7-12-21)25(32)19-9-8-10-20(16-19)29-24-23(28)26(33)31(27(24)34)22-14-13-17(2)18(3)15-22/h5-16,29H,4H2,1-3H3. The molecule has 1 aliphatic heterocycles. The van der Waals surface area contributed by atoms with Gasteiger partial charge in [-0.3, -0.25) is 14.4 Å². The van der Waals surface area contributed by atoms with Crippen LogP contribution in [0.5, 0.6) is 0 Å². The molecule has 0 spiro atoms. The van der Waals surface area contributed by atoms with E-state index in [0.29, 0.717) is 23.5 Å². The number of rotatable bonds is 6. The van der Waals surface area contributed by atoms with E-state index < -0.39 is 11.8 Å². The lowest BCUT2D eigenvalue weighted by atomic mass is 10.1. The van der Waals surface area contributed by atoms with E-state index in [0.717, 1.165) is 21.7 Å². The van der Waals surface area contributed by atoms with Crippen molar-refractivity contribution in [2.24, 2.45) is 0 Å². The number of benzene rings is 3. The van der Waals surface area contributed by atoms with Gasteiger partial charge in [-0.15, -0.1) is 0 Å². The van der Waals surface area contributed by atoms with Crippen LogP contribution in [0.15, 0.2) is 83.5 Å². The van der Waals surface area contributed by atoms with Crippen molar-refractivity contribution in [3.05, 3.63) is 100 Å². The molecule has 0 atom stereocenters. The van der Waals surface area contributed by atoms with E-state index >= 15 is 0 Å². The molecule has 0 aliphatic carbocycles. The number of carbonyl (C=O) groups excluding carboxylic acids is 3. The smallest absolute Gasteiger partial charge is 0.283 e. The maximum absolute atomic E-state index is 13.2. The highest BCUT2D eigenvalue weighted by Crippen LogP contribution is 2.31. The summed E-state index contributed by atoms with van der Waals surface area (Å²) in [5, 5.41) is 2.76. The fraction of sp³-hybridized carbons (Fsp3) is 0.148. The molecule has 1 heterocycles. The molecular formula is C27H24ClN3O3. The Hall–Kier alpha value is -3.90. The maximum atomic E-state index is 13.2. The van der Waals surface area contributed by atoms with E-state index in [2.05, 4.69) is 5.32 Å². The summed E-state index contributed by atoms with van der Waals surface area (Å²) in [6, 6.07) is 21.5. The molecule has 0 saturated carbocycles. The van der Waals surface area contributed by atoms with Gasteiger partial charge in [0.2, 0.25) is 0 Å². The number of para-hydroxylation sites is 1. The highest BCUT2D eigenvalue weighted by Gasteiger charge is 2.39. The molecule has 6 nitrogen and oxygen atoms in total. The topological polar surface area (TPSA) is 69.7 Å². The largest absolute Gasteiger partial charge is 0.350 e. The first-order chi connectivity index (χ1) is 16.3. The third kappa shape index (κ3) is 4.32. The van der Waals surface area contributed by atoms with Crippen molar-refractivity contribution in [2.75, 3.05) is 21.7 Å². The lowest BCUT2D eigenvalue weighted by Crippen LogP contribution is -2.32. The van der Waals surface area contributed by atoms with Crippen LogP contribution in [0.2, 0.25) is 0 Å². The van der Waals surface area contributed by atoms with Crippen LogP contribution in [0.1, 0.15) is 28.4 Å². The second-order valence-electron chi connectivity index (χ2n) is 7.99. The number of amides is 3. The number of imide groups is 1. The van der Waals surface area contributed by atoms with Gasteiger partial charge in [-0.05, 0) is 74.4 Å². The number of aryl methyl sites for hydroxylation is 2. The van der Waals surface area contributed by atoms with Crippen LogP contribution >= 0.6 is 11.6 Å². The zero-order valence-corrected chi connectivity index (χ0v) is 19.9. The Morgan fingerprint density at radius 1 is 0.912 bits per heavy atom. The van der Waals surface area contributed by atoms with E-state index in [1.165, 1.54) is 0 Å². The van der Waals surface area contributed by atoms with E-state index in [1.54, 1.807) is 41.3 Å². The number of nitrogens with zero attached hydrogens (tertiary/aromatic N) is 2. The predicted molar refractivity (Wildman–Crippen MR) is 135 cm³/mol. The lowest BCUT2D eigenvalue weighted by molar-refractivity contribution is -0.120. The minimum Gasteiger partial charge on any atom is -0.350 e. The number of hydrogen-bond acceptors (Lipinski definition) is 4. The van der Waals surface area contributed by atoms with Crippen molar-refractivity contribution >= 4 is 46.4 Å². The van der Waals surface area contributed by atoms with Gasteiger partial charge < -0.3 is 10.2 Å². The summed E-state index contributed by atoms with van der Waals surface area (Å²) < 4.78 is 0. The van der Waals surface area contributed by atoms with Crippen LogP contribution < -0.4 is 15.1 Å². The van der Waals surface area contributed by atoms with Gasteiger partial charge in [0.1, 0.15) is 10.7 Å². The Morgan fingerprint density at radius 2 is 1.65 bits per heavy atom. The Kier molecular flexibility index (Phi) is 6.52. The fourth-order valence-corrected chi connectivity index (χ4v) is 4.00. The van der Waals surface area contributed by atoms with Gasteiger partial charge in [-0.2, -0.15) is 0 Å². The lowest BCUT2D eigenvalue weighted by Gasteiger charge is -2.21. The Labute approximate surface area is 203 Å². The van der Waals surface area contributed by atoms with Gasteiger partial charge in [0, 0.05) is 23.5 Å². The minimum atomic E-state index is -0.592. The summed E-state index contributed by atoms with van der Waals surface area (Å²) in [4.78, 5) is 41.8. The maximum Gasteiger partial charge on any atom is 0.283 e. The molecule has 3 aromatic rings. The molecular weight excluding hydrogens is 450 g/mol. The molecule has 1 N–H and O–H groups in total. The molecule has 0 unspecified atom stereocenters. The normalized spacial score (nSPS) is 13.5. The first-order valence-corrected chi connectivity index (χ1v) is 11.3. The first-order valence-electron chi connectivity index (χ1n) is 10.9. The molecule has 34 heavy (non-hydrogen) atoms. The van der Waals surface area contributed by atoms with Crippen molar-refractivity contribution < 1.29 is 14.4 Å². The average molecular weight is 474 g/mol. The van der Waals surface area contributed by atoms with Crippen LogP contribution in [0.25, 0.3) is 0 Å². The second-order valence-corrected chi connectivity index (χ2v) is 8.37. The van der Waals surface area contributed by atoms with Crippen molar-refractivity contribution in [3.63, 3.8) is 0 Å². The molecule has 3 aromatic carbocycles. The van der Waals surface area contributed by atoms with E-state index in [1.807, 2.05) is 57.2 Å². The third-order valence-corrected chi connectivity index (χ3v) is 6.13. The highest BCUT2D eigenvalue weighted by atomic mass is 35.5. The molecule has 0 bridgehead atoms. The summed E-state index contributed by atoms with van der Waals surface area (Å²) in [5.41, 5.74) is 4.16. The van der Waals surface area contributed by atoms with E-state index in [-0.39, 0.29) is 16.6 Å². The summed E-state index contributed by atoms with van der Waals surface area (Å²) in [7, 11) is 0. The second kappa shape index (κ2) is 9.53. The Morgan fingerprint density at radius 3 is 2.32 bits per heavy atom. The highest BCUT2D eigenvalue weighted by molar-refractivity contribution is 6.53. The predicted octanol–water partition coefficient (Wildman–Crippen LogP) is 5.41. The number of anilines is 3. The Balaban J connectivity index is 1.59. The number of hydrogen-bond donors (Lipinski definition) is 1. The monoisotopic (exact) mass is 473 g/mol. The SMILES string of the molecule is CCN(C(=O)c1cccc(NC2=C(Cl)C(=O)N(c3ccc(C)c(C)c3)C2=O)c1)c1ccccc1. The molecule has 3 amide bonds. The minimum absolute atomic E-state index is 0.0232. The molecule has 7 heteroatoms. The van der Waals surface area contributed by atoms with Crippen LogP contribution in [-0.4, -0.2) is 24.3 Å². The fourth-order valence-electron chi connectivity index (χ4n) is 3.79. The van der Waals surface area contributed by atoms with Crippen LogP contribution in [0.4, 0.5) is 17.1 Å². The third-order valence-electron chi connectivity index (χ3n) is 5.78. The molecule has 1 aliphatic rings. The van der Waals surface area contributed by atoms with Gasteiger partial charge >= 0.3 is 0 Å². The number of halogens is 1. The molecule has 0 radical (unpaired) electrons. The van der Waals surface area contributed by atoms with Crippen LogP contribution in [-0.2, 0) is 9.59 Å².